The van der Waals surface area contributed by atoms with Crippen molar-refractivity contribution in [3.8, 4) is 0 Å². The fourth-order valence-corrected chi connectivity index (χ4v) is 2.85. The van der Waals surface area contributed by atoms with Gasteiger partial charge in [-0.3, -0.25) is 0 Å². The molecule has 15 heavy (non-hydrogen) atoms. The number of rotatable bonds is 1. The second kappa shape index (κ2) is 4.12. The van der Waals surface area contributed by atoms with Crippen LogP contribution in [0.3, 0.4) is 0 Å². The second-order valence-electron chi connectivity index (χ2n) is 3.65. The predicted octanol–water partition coefficient (Wildman–Crippen LogP) is 1.92. The van der Waals surface area contributed by atoms with Crippen LogP contribution in [0.1, 0.15) is 17.5 Å². The van der Waals surface area contributed by atoms with E-state index < -0.39 is 9.24 Å². The summed E-state index contributed by atoms with van der Waals surface area (Å²) in [5.74, 6) is 0. The first kappa shape index (κ1) is 10.9. The zero-order valence-corrected chi connectivity index (χ0v) is 9.76. The van der Waals surface area contributed by atoms with Crippen molar-refractivity contribution in [2.75, 3.05) is 6.54 Å². The molecule has 0 fully saturated rings. The van der Waals surface area contributed by atoms with Crippen LogP contribution in [0.5, 0.6) is 0 Å². The first-order valence-corrected chi connectivity index (χ1v) is 7.10. The molecule has 0 atom stereocenters. The maximum absolute atomic E-state index is 11.2. The SMILES string of the molecule is O=S(=O)(Cl)N1CCCc2ccccc2C1. The van der Waals surface area contributed by atoms with E-state index in [0.29, 0.717) is 13.1 Å². The lowest BCUT2D eigenvalue weighted by molar-refractivity contribution is 0.420. The highest BCUT2D eigenvalue weighted by Gasteiger charge is 2.22. The van der Waals surface area contributed by atoms with Crippen molar-refractivity contribution < 1.29 is 8.42 Å². The van der Waals surface area contributed by atoms with Crippen molar-refractivity contribution in [2.45, 2.75) is 19.4 Å². The fourth-order valence-electron chi connectivity index (χ4n) is 1.86. The minimum absolute atomic E-state index is 0.391. The molecule has 1 aliphatic heterocycles. The molecule has 0 saturated heterocycles. The van der Waals surface area contributed by atoms with E-state index in [1.807, 2.05) is 24.3 Å². The smallest absolute Gasteiger partial charge is 0.195 e. The number of nitrogens with zero attached hydrogens (tertiary/aromatic N) is 1. The summed E-state index contributed by atoms with van der Waals surface area (Å²) in [7, 11) is 1.76. The van der Waals surface area contributed by atoms with Crippen LogP contribution in [0.15, 0.2) is 24.3 Å². The van der Waals surface area contributed by atoms with Gasteiger partial charge in [-0.05, 0) is 24.0 Å². The van der Waals surface area contributed by atoms with Crippen LogP contribution in [-0.2, 0) is 22.2 Å². The summed E-state index contributed by atoms with van der Waals surface area (Å²) >= 11 is 0. The van der Waals surface area contributed by atoms with Gasteiger partial charge in [-0.1, -0.05) is 24.3 Å². The molecule has 0 aromatic heterocycles. The van der Waals surface area contributed by atoms with Gasteiger partial charge in [0.2, 0.25) is 0 Å². The topological polar surface area (TPSA) is 37.4 Å². The van der Waals surface area contributed by atoms with Gasteiger partial charge in [-0.2, -0.15) is 12.7 Å². The molecule has 3 nitrogen and oxygen atoms in total. The Balaban J connectivity index is 2.33. The summed E-state index contributed by atoms with van der Waals surface area (Å²) in [5, 5.41) is 0. The van der Waals surface area contributed by atoms with Gasteiger partial charge < -0.3 is 0 Å². The molecule has 5 heteroatoms. The normalized spacial score (nSPS) is 18.2. The number of hydrogen-bond donors (Lipinski definition) is 0. The first-order chi connectivity index (χ1) is 7.07. The van der Waals surface area contributed by atoms with Crippen LogP contribution < -0.4 is 0 Å². The minimum Gasteiger partial charge on any atom is -0.195 e. The Morgan fingerprint density at radius 1 is 1.20 bits per heavy atom. The molecule has 82 valence electrons. The number of hydrogen-bond acceptors (Lipinski definition) is 2. The van der Waals surface area contributed by atoms with Gasteiger partial charge in [-0.15, -0.1) is 0 Å². The monoisotopic (exact) mass is 245 g/mol. The average molecular weight is 246 g/mol. The highest BCUT2D eigenvalue weighted by Crippen LogP contribution is 2.21. The molecule has 1 aromatic carbocycles. The van der Waals surface area contributed by atoms with Crippen molar-refractivity contribution in [3.63, 3.8) is 0 Å². The Morgan fingerprint density at radius 3 is 2.53 bits per heavy atom. The molecular weight excluding hydrogens is 234 g/mol. The quantitative estimate of drug-likeness (QED) is 0.709. The predicted molar refractivity (Wildman–Crippen MR) is 59.9 cm³/mol. The van der Waals surface area contributed by atoms with E-state index in [1.54, 1.807) is 0 Å². The van der Waals surface area contributed by atoms with Crippen LogP contribution in [-0.4, -0.2) is 19.3 Å². The highest BCUT2D eigenvalue weighted by atomic mass is 35.7. The minimum atomic E-state index is -3.59. The molecule has 0 aliphatic carbocycles. The third-order valence-electron chi connectivity index (χ3n) is 2.63. The average Bonchev–Trinajstić information content (AvgIpc) is 2.38. The first-order valence-electron chi connectivity index (χ1n) is 4.84. The number of halogens is 1. The van der Waals surface area contributed by atoms with Gasteiger partial charge in [0.05, 0.1) is 0 Å². The van der Waals surface area contributed by atoms with E-state index in [4.69, 9.17) is 10.7 Å². The highest BCUT2D eigenvalue weighted by molar-refractivity contribution is 8.11. The van der Waals surface area contributed by atoms with E-state index in [2.05, 4.69) is 0 Å². The largest absolute Gasteiger partial charge is 0.300 e. The Labute approximate surface area is 94.2 Å². The summed E-state index contributed by atoms with van der Waals surface area (Å²) in [6.07, 6.45) is 1.74. The summed E-state index contributed by atoms with van der Waals surface area (Å²) in [6.45, 7) is 0.891. The van der Waals surface area contributed by atoms with Gasteiger partial charge in [-0.25, -0.2) is 0 Å². The van der Waals surface area contributed by atoms with Crippen LogP contribution in [0.4, 0.5) is 0 Å². The lowest BCUT2D eigenvalue weighted by Crippen LogP contribution is -2.26. The van der Waals surface area contributed by atoms with Gasteiger partial charge in [0, 0.05) is 23.8 Å². The van der Waals surface area contributed by atoms with Crippen molar-refractivity contribution in [1.29, 1.82) is 0 Å². The maximum Gasteiger partial charge on any atom is 0.300 e. The summed E-state index contributed by atoms with van der Waals surface area (Å²) in [6, 6.07) is 7.89. The summed E-state index contributed by atoms with van der Waals surface area (Å²) < 4.78 is 23.8. The molecule has 2 rings (SSSR count). The third kappa shape index (κ3) is 2.51. The van der Waals surface area contributed by atoms with Crippen molar-refractivity contribution in [2.24, 2.45) is 0 Å². The lowest BCUT2D eigenvalue weighted by Gasteiger charge is -2.15. The number of aryl methyl sites for hydroxylation is 1. The number of benzene rings is 1. The molecular formula is C10H12ClNO2S. The number of fused-ring (bicyclic) bond motifs is 1. The van der Waals surface area contributed by atoms with E-state index in [0.717, 1.165) is 18.4 Å². The van der Waals surface area contributed by atoms with Crippen LogP contribution in [0.25, 0.3) is 0 Å². The molecule has 0 saturated carbocycles. The Kier molecular flexibility index (Phi) is 3.00. The zero-order chi connectivity index (χ0) is 10.9. The molecule has 0 unspecified atom stereocenters. The molecule has 0 spiro atoms. The Morgan fingerprint density at radius 2 is 1.87 bits per heavy atom. The van der Waals surface area contributed by atoms with Crippen molar-refractivity contribution in [1.82, 2.24) is 4.31 Å². The lowest BCUT2D eigenvalue weighted by atomic mass is 10.0. The molecule has 0 amide bonds. The third-order valence-corrected chi connectivity index (χ3v) is 4.14. The van der Waals surface area contributed by atoms with Crippen LogP contribution >= 0.6 is 10.7 Å². The van der Waals surface area contributed by atoms with E-state index in [-0.39, 0.29) is 0 Å². The van der Waals surface area contributed by atoms with Gasteiger partial charge in [0.15, 0.2) is 0 Å². The fraction of sp³-hybridized carbons (Fsp3) is 0.400. The molecule has 1 aliphatic rings. The molecule has 0 radical (unpaired) electrons. The molecule has 1 heterocycles. The molecule has 0 N–H and O–H groups in total. The molecule has 1 aromatic rings. The van der Waals surface area contributed by atoms with E-state index in [9.17, 15) is 8.42 Å². The van der Waals surface area contributed by atoms with Gasteiger partial charge >= 0.3 is 0 Å². The Bertz CT molecular complexity index is 458. The van der Waals surface area contributed by atoms with Gasteiger partial charge in [0.1, 0.15) is 0 Å². The van der Waals surface area contributed by atoms with Crippen LogP contribution in [0, 0.1) is 0 Å². The van der Waals surface area contributed by atoms with Gasteiger partial charge in [0.25, 0.3) is 9.24 Å². The molecule has 0 bridgehead atoms. The van der Waals surface area contributed by atoms with E-state index >= 15 is 0 Å². The van der Waals surface area contributed by atoms with Crippen LogP contribution in [0.2, 0.25) is 0 Å². The maximum atomic E-state index is 11.2. The van der Waals surface area contributed by atoms with Crippen molar-refractivity contribution in [3.05, 3.63) is 35.4 Å². The standard InChI is InChI=1S/C10H12ClNO2S/c11-15(13,14)12-7-3-6-9-4-1-2-5-10(9)8-12/h1-2,4-5H,3,6-8H2. The summed E-state index contributed by atoms with van der Waals surface area (Å²) in [5.41, 5.74) is 2.28. The second-order valence-corrected chi connectivity index (χ2v) is 6.16. The summed E-state index contributed by atoms with van der Waals surface area (Å²) in [4.78, 5) is 0. The Hall–Kier alpha value is -0.580. The zero-order valence-electron chi connectivity index (χ0n) is 8.19. The van der Waals surface area contributed by atoms with E-state index in [1.165, 1.54) is 9.87 Å². The van der Waals surface area contributed by atoms with Crippen molar-refractivity contribution >= 4 is 19.9 Å².